The molecule has 0 saturated carbocycles. The average Bonchev–Trinajstić information content (AvgIpc) is 3.03. The number of hydrogen-bond donors (Lipinski definition) is 0. The molecule has 0 aromatic heterocycles. The zero-order valence-corrected chi connectivity index (χ0v) is 25.8. The number of methoxy groups -OCH3 is 2. The van der Waals surface area contributed by atoms with Crippen LogP contribution in [0.1, 0.15) is 36.1 Å². The highest BCUT2D eigenvalue weighted by Crippen LogP contribution is 2.57. The van der Waals surface area contributed by atoms with E-state index in [1.165, 1.54) is 0 Å². The molecule has 0 bridgehead atoms. The maximum atomic E-state index is 7.20. The lowest BCUT2D eigenvalue weighted by molar-refractivity contribution is -0.452. The molecule has 0 radical (unpaired) electrons. The van der Waals surface area contributed by atoms with Gasteiger partial charge in [-0.25, -0.2) is 0 Å². The van der Waals surface area contributed by atoms with E-state index in [9.17, 15) is 0 Å². The van der Waals surface area contributed by atoms with Crippen LogP contribution in [0.5, 0.6) is 0 Å². The van der Waals surface area contributed by atoms with Gasteiger partial charge < -0.3 is 18.9 Å². The fourth-order valence-electron chi connectivity index (χ4n) is 5.80. The SMILES string of the molecule is CO[C@]1(C)O[C@@H](C(P)(c2ccccc2)c2ccccc2)[C@H](C(P)(c2ccccc2)c2ccccc2)O[C@@]1(C)OC. The van der Waals surface area contributed by atoms with Crippen molar-refractivity contribution in [3.63, 3.8) is 0 Å². The summed E-state index contributed by atoms with van der Waals surface area (Å²) in [4.78, 5) is 0. The molecule has 4 nitrogen and oxygen atoms in total. The van der Waals surface area contributed by atoms with Crippen LogP contribution in [0, 0.1) is 0 Å². The van der Waals surface area contributed by atoms with Gasteiger partial charge in [0.05, 0.1) is 10.3 Å². The van der Waals surface area contributed by atoms with Crippen LogP contribution < -0.4 is 0 Å². The first-order valence-corrected chi connectivity index (χ1v) is 14.6. The van der Waals surface area contributed by atoms with E-state index in [4.69, 9.17) is 18.9 Å². The van der Waals surface area contributed by atoms with E-state index in [1.807, 2.05) is 38.1 Å². The summed E-state index contributed by atoms with van der Waals surface area (Å²) in [6.45, 7) is 3.77. The maximum Gasteiger partial charge on any atom is 0.220 e. The van der Waals surface area contributed by atoms with Gasteiger partial charge in [0.15, 0.2) is 0 Å². The van der Waals surface area contributed by atoms with E-state index in [2.05, 4.69) is 116 Å². The number of hydrogen-bond acceptors (Lipinski definition) is 4. The van der Waals surface area contributed by atoms with Crippen molar-refractivity contribution < 1.29 is 18.9 Å². The lowest BCUT2D eigenvalue weighted by atomic mass is 9.74. The highest BCUT2D eigenvalue weighted by Gasteiger charge is 2.64. The van der Waals surface area contributed by atoms with E-state index < -0.39 is 34.1 Å². The van der Waals surface area contributed by atoms with Crippen molar-refractivity contribution in [2.24, 2.45) is 0 Å². The first-order chi connectivity index (χ1) is 19.2. The molecule has 1 aliphatic rings. The average molecular weight is 573 g/mol. The summed E-state index contributed by atoms with van der Waals surface area (Å²) >= 11 is 0. The Morgan fingerprint density at radius 3 is 0.925 bits per heavy atom. The Bertz CT molecular complexity index is 1200. The number of benzene rings is 4. The third-order valence-corrected chi connectivity index (χ3v) is 10.5. The van der Waals surface area contributed by atoms with Gasteiger partial charge in [0.25, 0.3) is 0 Å². The molecule has 1 fully saturated rings. The monoisotopic (exact) mass is 572 g/mol. The number of ether oxygens (including phenoxy) is 4. The lowest BCUT2D eigenvalue weighted by Gasteiger charge is -2.59. The molecule has 1 saturated heterocycles. The van der Waals surface area contributed by atoms with Gasteiger partial charge in [-0.15, -0.1) is 18.5 Å². The lowest BCUT2D eigenvalue weighted by Crippen LogP contribution is -2.70. The van der Waals surface area contributed by atoms with Crippen LogP contribution in [0.25, 0.3) is 0 Å². The van der Waals surface area contributed by atoms with Crippen molar-refractivity contribution in [2.45, 2.75) is 47.9 Å². The molecule has 6 atom stereocenters. The smallest absolute Gasteiger partial charge is 0.220 e. The molecule has 0 amide bonds. The first kappa shape index (κ1) is 29.1. The molecule has 4 aromatic rings. The Balaban J connectivity index is 1.83. The molecule has 1 aliphatic heterocycles. The van der Waals surface area contributed by atoms with E-state index >= 15 is 0 Å². The molecule has 5 rings (SSSR count). The predicted octanol–water partition coefficient (Wildman–Crippen LogP) is 7.13. The Labute approximate surface area is 242 Å². The molecule has 1 heterocycles. The summed E-state index contributed by atoms with van der Waals surface area (Å²) in [6.07, 6.45) is -1.10. The van der Waals surface area contributed by atoms with E-state index in [0.717, 1.165) is 22.3 Å². The second-order valence-electron chi connectivity index (χ2n) is 10.6. The standard InChI is InChI=1S/C34H38O4P2/c1-31(35-3)32(2,36-4)38-30(34(40,27-21-13-7-14-22-27)28-23-15-8-16-24-28)29(37-31)33(39,25-17-9-5-10-18-25)26-19-11-6-12-20-26/h5-24,29-30H,39-40H2,1-4H3/t29-,30-,31-,32-/m1/s1. The third kappa shape index (κ3) is 4.76. The van der Waals surface area contributed by atoms with Crippen molar-refractivity contribution in [1.82, 2.24) is 0 Å². The van der Waals surface area contributed by atoms with Gasteiger partial charge in [0.2, 0.25) is 11.6 Å². The van der Waals surface area contributed by atoms with Crippen LogP contribution in [-0.4, -0.2) is 38.0 Å². The largest absolute Gasteiger partial charge is 0.349 e. The molecular formula is C34H38O4P2. The van der Waals surface area contributed by atoms with Gasteiger partial charge >= 0.3 is 0 Å². The molecule has 2 unspecified atom stereocenters. The molecule has 208 valence electrons. The summed E-state index contributed by atoms with van der Waals surface area (Å²) < 4.78 is 26.5. The van der Waals surface area contributed by atoms with Crippen LogP contribution in [0.4, 0.5) is 0 Å². The minimum atomic E-state index is -1.22. The third-order valence-electron chi connectivity index (χ3n) is 8.49. The summed E-state index contributed by atoms with van der Waals surface area (Å²) in [7, 11) is 9.56. The molecule has 0 aliphatic carbocycles. The van der Waals surface area contributed by atoms with Crippen molar-refractivity contribution in [3.05, 3.63) is 144 Å². The van der Waals surface area contributed by atoms with Crippen LogP contribution in [-0.2, 0) is 29.3 Å². The van der Waals surface area contributed by atoms with Crippen molar-refractivity contribution in [1.29, 1.82) is 0 Å². The number of rotatable bonds is 8. The maximum absolute atomic E-state index is 7.20. The first-order valence-electron chi connectivity index (χ1n) is 13.5. The molecule has 40 heavy (non-hydrogen) atoms. The topological polar surface area (TPSA) is 36.9 Å². The summed E-state index contributed by atoms with van der Waals surface area (Å²) in [6, 6.07) is 41.8. The molecule has 0 spiro atoms. The fourth-order valence-corrected chi connectivity index (χ4v) is 7.05. The van der Waals surface area contributed by atoms with Crippen molar-refractivity contribution >= 4 is 18.5 Å². The van der Waals surface area contributed by atoms with Crippen molar-refractivity contribution in [3.8, 4) is 0 Å². The second-order valence-corrected chi connectivity index (χ2v) is 12.4. The zero-order chi connectivity index (χ0) is 28.4. The molecular weight excluding hydrogens is 534 g/mol. The predicted molar refractivity (Wildman–Crippen MR) is 167 cm³/mol. The quantitative estimate of drug-likeness (QED) is 0.211. The van der Waals surface area contributed by atoms with Gasteiger partial charge in [-0.1, -0.05) is 121 Å². The summed E-state index contributed by atoms with van der Waals surface area (Å²) in [5.74, 6) is -2.43. The fraction of sp³-hybridized carbons (Fsp3) is 0.294. The second kappa shape index (κ2) is 11.5. The minimum absolute atomic E-state index is 0.548. The summed E-state index contributed by atoms with van der Waals surface area (Å²) in [5.41, 5.74) is 4.32. The van der Waals surface area contributed by atoms with E-state index in [1.54, 1.807) is 14.2 Å². The Morgan fingerprint density at radius 1 is 0.500 bits per heavy atom. The van der Waals surface area contributed by atoms with Crippen LogP contribution in [0.2, 0.25) is 0 Å². The minimum Gasteiger partial charge on any atom is -0.349 e. The highest BCUT2D eigenvalue weighted by molar-refractivity contribution is 7.19. The van der Waals surface area contributed by atoms with Crippen LogP contribution in [0.15, 0.2) is 121 Å². The zero-order valence-electron chi connectivity index (χ0n) is 23.5. The highest BCUT2D eigenvalue weighted by atomic mass is 31.0. The molecule has 0 N–H and O–H groups in total. The Kier molecular flexibility index (Phi) is 8.33. The van der Waals surface area contributed by atoms with Gasteiger partial charge in [-0.2, -0.15) is 0 Å². The normalized spacial score (nSPS) is 25.4. The van der Waals surface area contributed by atoms with Crippen LogP contribution >= 0.6 is 18.5 Å². The van der Waals surface area contributed by atoms with Gasteiger partial charge in [-0.05, 0) is 36.1 Å². The van der Waals surface area contributed by atoms with E-state index in [-0.39, 0.29) is 0 Å². The Morgan fingerprint density at radius 2 is 0.725 bits per heavy atom. The van der Waals surface area contributed by atoms with Crippen molar-refractivity contribution in [2.75, 3.05) is 14.2 Å². The summed E-state index contributed by atoms with van der Waals surface area (Å²) in [5, 5.41) is -1.43. The van der Waals surface area contributed by atoms with E-state index in [0.29, 0.717) is 0 Å². The van der Waals surface area contributed by atoms with Gasteiger partial charge in [0, 0.05) is 14.2 Å². The molecule has 4 aromatic carbocycles. The van der Waals surface area contributed by atoms with Gasteiger partial charge in [0.1, 0.15) is 12.2 Å². The molecule has 6 heteroatoms. The Hall–Kier alpha value is -2.42. The van der Waals surface area contributed by atoms with Crippen LogP contribution in [0.3, 0.4) is 0 Å². The van der Waals surface area contributed by atoms with Gasteiger partial charge in [-0.3, -0.25) is 0 Å².